The average molecular weight is 412 g/mol. The van der Waals surface area contributed by atoms with Crippen LogP contribution in [-0.4, -0.2) is 49.2 Å². The van der Waals surface area contributed by atoms with Crippen LogP contribution in [0.1, 0.15) is 65.5 Å². The van der Waals surface area contributed by atoms with Crippen LogP contribution in [0.15, 0.2) is 23.3 Å². The van der Waals surface area contributed by atoms with E-state index in [1.54, 1.807) is 11.1 Å². The molecule has 1 N–H and O–H groups in total. The lowest BCUT2D eigenvalue weighted by Crippen LogP contribution is -2.43. The van der Waals surface area contributed by atoms with Gasteiger partial charge in [-0.1, -0.05) is 0 Å². The van der Waals surface area contributed by atoms with Crippen molar-refractivity contribution in [1.29, 1.82) is 0 Å². The number of amides is 1. The number of aromatic amines is 1. The maximum absolute atomic E-state index is 13.5. The summed E-state index contributed by atoms with van der Waals surface area (Å²) in [5, 5.41) is 0.911. The number of carbonyl (C=O) groups is 1. The van der Waals surface area contributed by atoms with Crippen LogP contribution in [0.5, 0.6) is 0 Å². The van der Waals surface area contributed by atoms with E-state index in [9.17, 15) is 9.59 Å². The smallest absolute Gasteiger partial charge is 0.410 e. The number of hydrogen-bond acceptors (Lipinski definition) is 5. The van der Waals surface area contributed by atoms with Crippen LogP contribution < -0.4 is 5.56 Å². The zero-order chi connectivity index (χ0) is 21.0. The van der Waals surface area contributed by atoms with Crippen LogP contribution in [0.25, 0.3) is 22.1 Å². The average Bonchev–Trinajstić information content (AvgIpc) is 3.42. The first-order valence-corrected chi connectivity index (χ1v) is 10.7. The fraction of sp³-hybridized carbons (Fsp3) is 0.545. The van der Waals surface area contributed by atoms with Gasteiger partial charge in [0, 0.05) is 38.1 Å². The maximum atomic E-state index is 13.5. The molecule has 0 bridgehead atoms. The van der Waals surface area contributed by atoms with Gasteiger partial charge in [-0.15, -0.1) is 0 Å². The number of ether oxygens (including phenoxy) is 1. The molecule has 1 amide bonds. The summed E-state index contributed by atoms with van der Waals surface area (Å²) in [5.41, 5.74) is 2.51. The summed E-state index contributed by atoms with van der Waals surface area (Å²) in [4.78, 5) is 40.0. The summed E-state index contributed by atoms with van der Waals surface area (Å²) in [7, 11) is 0. The fourth-order valence-corrected chi connectivity index (χ4v) is 4.33. The number of carbonyl (C=O) groups excluding carboxylic acids is 1. The van der Waals surface area contributed by atoms with E-state index in [4.69, 9.17) is 9.72 Å². The lowest BCUT2D eigenvalue weighted by molar-refractivity contribution is 0.0189. The van der Waals surface area contributed by atoms with Gasteiger partial charge >= 0.3 is 6.09 Å². The standard InChI is InChI=1S/C22H27N5O3.H2/c1-22(2,3)30-21(29)26-10-7-14(8-11-26)27-18-15-6-9-23-19(15)24-12-16(18)25-17(20(27)28)13-4-5-13;/h6,9,12-14H,4-5,7-8,10-11H2,1-3H3,(H,23,24);1H. The summed E-state index contributed by atoms with van der Waals surface area (Å²) in [5.74, 6) is 0.261. The van der Waals surface area contributed by atoms with Crippen molar-refractivity contribution >= 4 is 28.2 Å². The summed E-state index contributed by atoms with van der Waals surface area (Å²) >= 11 is 0. The van der Waals surface area contributed by atoms with E-state index >= 15 is 0 Å². The molecule has 0 aromatic carbocycles. The van der Waals surface area contributed by atoms with Crippen molar-refractivity contribution in [1.82, 2.24) is 24.4 Å². The number of aromatic nitrogens is 4. The van der Waals surface area contributed by atoms with Gasteiger partial charge in [0.05, 0.1) is 11.7 Å². The number of piperidine rings is 1. The highest BCUT2D eigenvalue weighted by Gasteiger charge is 2.33. The summed E-state index contributed by atoms with van der Waals surface area (Å²) in [6, 6.07) is 1.97. The zero-order valence-corrected chi connectivity index (χ0v) is 17.6. The third-order valence-corrected chi connectivity index (χ3v) is 5.90. The first-order chi connectivity index (χ1) is 14.3. The van der Waals surface area contributed by atoms with Crippen molar-refractivity contribution in [3.05, 3.63) is 34.5 Å². The first-order valence-electron chi connectivity index (χ1n) is 10.7. The van der Waals surface area contributed by atoms with Crippen molar-refractivity contribution in [2.24, 2.45) is 0 Å². The Kier molecular flexibility index (Phi) is 4.34. The van der Waals surface area contributed by atoms with Crippen LogP contribution in [-0.2, 0) is 4.74 Å². The molecule has 2 fully saturated rings. The Morgan fingerprint density at radius 3 is 2.63 bits per heavy atom. The van der Waals surface area contributed by atoms with Gasteiger partial charge in [0.15, 0.2) is 0 Å². The Bertz CT molecular complexity index is 1180. The molecule has 5 rings (SSSR count). The summed E-state index contributed by atoms with van der Waals surface area (Å²) < 4.78 is 7.45. The molecular formula is C22H29N5O3. The van der Waals surface area contributed by atoms with E-state index in [0.29, 0.717) is 31.6 Å². The van der Waals surface area contributed by atoms with Crippen LogP contribution in [0, 0.1) is 0 Å². The largest absolute Gasteiger partial charge is 0.444 e. The van der Waals surface area contributed by atoms with Gasteiger partial charge in [0.1, 0.15) is 22.5 Å². The van der Waals surface area contributed by atoms with Gasteiger partial charge in [-0.05, 0) is 52.5 Å². The lowest BCUT2D eigenvalue weighted by atomic mass is 10.0. The molecular weight excluding hydrogens is 382 g/mol. The van der Waals surface area contributed by atoms with Gasteiger partial charge in [0.2, 0.25) is 0 Å². The van der Waals surface area contributed by atoms with Crippen molar-refractivity contribution in [2.45, 2.75) is 64.0 Å². The highest BCUT2D eigenvalue weighted by molar-refractivity contribution is 6.00. The van der Waals surface area contributed by atoms with Gasteiger partial charge in [-0.2, -0.15) is 0 Å². The first kappa shape index (κ1) is 19.1. The van der Waals surface area contributed by atoms with Crippen LogP contribution in [0.2, 0.25) is 0 Å². The monoisotopic (exact) mass is 411 g/mol. The fourth-order valence-electron chi connectivity index (χ4n) is 4.33. The summed E-state index contributed by atoms with van der Waals surface area (Å²) in [6.07, 6.45) is 6.75. The molecule has 1 saturated carbocycles. The molecule has 2 aliphatic rings. The quantitative estimate of drug-likeness (QED) is 0.689. The Morgan fingerprint density at radius 2 is 1.97 bits per heavy atom. The minimum atomic E-state index is -0.516. The Hall–Kier alpha value is -2.90. The van der Waals surface area contributed by atoms with Crippen molar-refractivity contribution in [2.75, 3.05) is 13.1 Å². The van der Waals surface area contributed by atoms with Gasteiger partial charge in [0.25, 0.3) is 5.56 Å². The lowest BCUT2D eigenvalue weighted by Gasteiger charge is -2.34. The number of H-pyrrole nitrogens is 1. The van der Waals surface area contributed by atoms with Gasteiger partial charge in [-0.25, -0.2) is 14.8 Å². The third kappa shape index (κ3) is 3.34. The molecule has 0 unspecified atom stereocenters. The molecule has 3 aromatic rings. The third-order valence-electron chi connectivity index (χ3n) is 5.90. The predicted molar refractivity (Wildman–Crippen MR) is 116 cm³/mol. The highest BCUT2D eigenvalue weighted by Crippen LogP contribution is 2.39. The number of nitrogens with one attached hydrogen (secondary N) is 1. The van der Waals surface area contributed by atoms with E-state index < -0.39 is 5.60 Å². The zero-order valence-electron chi connectivity index (χ0n) is 17.6. The molecule has 1 aliphatic heterocycles. The Morgan fingerprint density at radius 1 is 1.23 bits per heavy atom. The van der Waals surface area contributed by atoms with E-state index in [1.165, 1.54) is 0 Å². The second kappa shape index (κ2) is 6.82. The molecule has 0 radical (unpaired) electrons. The number of fused-ring (bicyclic) bond motifs is 3. The van der Waals surface area contributed by atoms with E-state index in [0.717, 1.165) is 34.9 Å². The number of hydrogen-bond donors (Lipinski definition) is 1. The minimum absolute atomic E-state index is 0. The number of rotatable bonds is 2. The normalized spacial score (nSPS) is 18.3. The van der Waals surface area contributed by atoms with E-state index in [-0.39, 0.29) is 25.0 Å². The predicted octanol–water partition coefficient (Wildman–Crippen LogP) is 3.97. The van der Waals surface area contributed by atoms with Crippen LogP contribution in [0.3, 0.4) is 0 Å². The number of likely N-dealkylation sites (tertiary alicyclic amines) is 1. The van der Waals surface area contributed by atoms with Crippen LogP contribution >= 0.6 is 0 Å². The molecule has 1 aliphatic carbocycles. The molecule has 0 atom stereocenters. The summed E-state index contributed by atoms with van der Waals surface area (Å²) in [6.45, 7) is 6.74. The second-order valence-electron chi connectivity index (χ2n) is 9.38. The van der Waals surface area contributed by atoms with Crippen molar-refractivity contribution in [3.63, 3.8) is 0 Å². The maximum Gasteiger partial charge on any atom is 0.410 e. The van der Waals surface area contributed by atoms with Gasteiger partial charge < -0.3 is 19.2 Å². The number of pyridine rings is 1. The SMILES string of the molecule is CC(C)(C)OC(=O)N1CCC(n2c(=O)c(C3CC3)nc3cnc4[nH]ccc4c32)CC1.[HH]. The topological polar surface area (TPSA) is 93.1 Å². The van der Waals surface area contributed by atoms with E-state index in [2.05, 4.69) is 9.97 Å². The molecule has 160 valence electrons. The molecule has 4 heterocycles. The second-order valence-corrected chi connectivity index (χ2v) is 9.38. The molecule has 8 nitrogen and oxygen atoms in total. The highest BCUT2D eigenvalue weighted by atomic mass is 16.6. The molecule has 0 spiro atoms. The minimum Gasteiger partial charge on any atom is -0.444 e. The molecule has 8 heteroatoms. The molecule has 1 saturated heterocycles. The van der Waals surface area contributed by atoms with E-state index in [1.807, 2.05) is 37.6 Å². The Balaban J connectivity index is 0.00000231. The van der Waals surface area contributed by atoms with Crippen molar-refractivity contribution < 1.29 is 11.0 Å². The van der Waals surface area contributed by atoms with Gasteiger partial charge in [-0.3, -0.25) is 4.79 Å². The Labute approximate surface area is 175 Å². The molecule has 30 heavy (non-hydrogen) atoms. The number of nitrogens with zero attached hydrogens (tertiary/aromatic N) is 4. The van der Waals surface area contributed by atoms with Crippen molar-refractivity contribution in [3.8, 4) is 0 Å². The van der Waals surface area contributed by atoms with Crippen LogP contribution in [0.4, 0.5) is 4.79 Å². The molecule has 3 aromatic heterocycles.